The van der Waals surface area contributed by atoms with Crippen molar-refractivity contribution >= 4 is 29.4 Å². The van der Waals surface area contributed by atoms with Crippen LogP contribution in [0.4, 0.5) is 15.3 Å². The van der Waals surface area contributed by atoms with Gasteiger partial charge in [-0.3, -0.25) is 4.90 Å². The lowest BCUT2D eigenvalue weighted by atomic mass is 10.0. The standard InChI is InChI=1S/C13H17ClN4O2/c1-9(2)10-3-5-11(6-4-10)18(8-7-14)13(20)17-16-12(15)19/h3-6,9H,7-8H2,1-2H3,(H2,15,19). The van der Waals surface area contributed by atoms with Crippen molar-refractivity contribution in [3.8, 4) is 0 Å². The number of carbonyl (C=O) groups is 2. The topological polar surface area (TPSA) is 88.1 Å². The molecule has 0 spiro atoms. The number of urea groups is 2. The maximum atomic E-state index is 11.9. The van der Waals surface area contributed by atoms with E-state index >= 15 is 0 Å². The van der Waals surface area contributed by atoms with Gasteiger partial charge in [-0.05, 0) is 23.6 Å². The van der Waals surface area contributed by atoms with Crippen molar-refractivity contribution in [1.29, 1.82) is 0 Å². The minimum atomic E-state index is -1.01. The zero-order valence-corrected chi connectivity index (χ0v) is 12.2. The van der Waals surface area contributed by atoms with E-state index in [0.29, 0.717) is 11.6 Å². The van der Waals surface area contributed by atoms with Gasteiger partial charge < -0.3 is 5.73 Å². The molecule has 0 atom stereocenters. The highest BCUT2D eigenvalue weighted by molar-refractivity contribution is 6.18. The summed E-state index contributed by atoms with van der Waals surface area (Å²) in [7, 11) is 0. The predicted molar refractivity (Wildman–Crippen MR) is 78.4 cm³/mol. The fourth-order valence-electron chi connectivity index (χ4n) is 1.60. The Labute approximate surface area is 122 Å². The first kappa shape index (κ1) is 16.1. The van der Waals surface area contributed by atoms with E-state index in [9.17, 15) is 9.59 Å². The van der Waals surface area contributed by atoms with E-state index in [2.05, 4.69) is 24.1 Å². The molecule has 0 saturated carbocycles. The van der Waals surface area contributed by atoms with Crippen molar-refractivity contribution in [2.45, 2.75) is 19.8 Å². The molecule has 0 fully saturated rings. The van der Waals surface area contributed by atoms with E-state index in [1.54, 1.807) is 12.1 Å². The Morgan fingerprint density at radius 2 is 1.85 bits per heavy atom. The Bertz CT molecular complexity index is 500. The predicted octanol–water partition coefficient (Wildman–Crippen LogP) is 3.51. The van der Waals surface area contributed by atoms with Crippen LogP contribution >= 0.6 is 11.6 Å². The fourth-order valence-corrected chi connectivity index (χ4v) is 1.77. The lowest BCUT2D eigenvalue weighted by Gasteiger charge is -2.19. The molecule has 0 saturated heterocycles. The van der Waals surface area contributed by atoms with Crippen molar-refractivity contribution < 1.29 is 9.59 Å². The number of primary amides is 1. The average Bonchev–Trinajstić information content (AvgIpc) is 2.42. The van der Waals surface area contributed by atoms with Gasteiger partial charge in [-0.2, -0.15) is 0 Å². The molecule has 4 amide bonds. The molecular weight excluding hydrogens is 280 g/mol. The number of azo groups is 1. The maximum Gasteiger partial charge on any atom is 0.366 e. The Morgan fingerprint density at radius 3 is 2.30 bits per heavy atom. The zero-order chi connectivity index (χ0) is 15.1. The number of hydrogen-bond donors (Lipinski definition) is 1. The molecule has 1 rings (SSSR count). The summed E-state index contributed by atoms with van der Waals surface area (Å²) in [4.78, 5) is 23.7. The average molecular weight is 297 g/mol. The van der Waals surface area contributed by atoms with E-state index in [-0.39, 0.29) is 12.4 Å². The first-order valence-corrected chi connectivity index (χ1v) is 6.67. The van der Waals surface area contributed by atoms with Crippen LogP contribution in [0.1, 0.15) is 25.3 Å². The lowest BCUT2D eigenvalue weighted by Crippen LogP contribution is -2.30. The van der Waals surface area contributed by atoms with Gasteiger partial charge in [-0.1, -0.05) is 36.2 Å². The second kappa shape index (κ2) is 7.59. The normalized spacial score (nSPS) is 11.0. The molecule has 1 aromatic carbocycles. The molecule has 2 N–H and O–H groups in total. The molecule has 108 valence electrons. The third-order valence-electron chi connectivity index (χ3n) is 2.64. The summed E-state index contributed by atoms with van der Waals surface area (Å²) in [5, 5.41) is 6.28. The SMILES string of the molecule is CC(C)c1ccc(N(CCCl)C(=O)N=NC(N)=O)cc1. The molecule has 0 radical (unpaired) electrons. The van der Waals surface area contributed by atoms with Gasteiger partial charge in [0, 0.05) is 18.1 Å². The Kier molecular flexibility index (Phi) is 6.11. The molecule has 0 bridgehead atoms. The van der Waals surface area contributed by atoms with Gasteiger partial charge in [-0.25, -0.2) is 9.59 Å². The molecule has 0 unspecified atom stereocenters. The second-order valence-electron chi connectivity index (χ2n) is 4.41. The number of rotatable bonds is 4. The summed E-state index contributed by atoms with van der Waals surface area (Å²) in [6.45, 7) is 4.43. The van der Waals surface area contributed by atoms with Crippen LogP contribution in [-0.2, 0) is 0 Å². The van der Waals surface area contributed by atoms with Crippen LogP contribution in [0.15, 0.2) is 34.5 Å². The molecule has 7 heteroatoms. The van der Waals surface area contributed by atoms with Crippen molar-refractivity contribution in [1.82, 2.24) is 0 Å². The first-order valence-electron chi connectivity index (χ1n) is 6.14. The van der Waals surface area contributed by atoms with Gasteiger partial charge in [0.15, 0.2) is 0 Å². The largest absolute Gasteiger partial charge is 0.366 e. The van der Waals surface area contributed by atoms with Crippen LogP contribution in [-0.4, -0.2) is 24.5 Å². The van der Waals surface area contributed by atoms with Gasteiger partial charge >= 0.3 is 12.1 Å². The highest BCUT2D eigenvalue weighted by Gasteiger charge is 2.15. The van der Waals surface area contributed by atoms with Gasteiger partial charge in [0.05, 0.1) is 0 Å². The van der Waals surface area contributed by atoms with E-state index in [1.807, 2.05) is 12.1 Å². The molecular formula is C13H17ClN4O2. The molecule has 1 aromatic rings. The van der Waals surface area contributed by atoms with Crippen LogP contribution < -0.4 is 10.6 Å². The summed E-state index contributed by atoms with van der Waals surface area (Å²) < 4.78 is 0. The van der Waals surface area contributed by atoms with Crippen LogP contribution in [0.5, 0.6) is 0 Å². The van der Waals surface area contributed by atoms with E-state index in [1.165, 1.54) is 4.90 Å². The van der Waals surface area contributed by atoms with Gasteiger partial charge in [0.2, 0.25) is 0 Å². The van der Waals surface area contributed by atoms with Gasteiger partial charge in [0.1, 0.15) is 0 Å². The van der Waals surface area contributed by atoms with Crippen LogP contribution in [0.25, 0.3) is 0 Å². The summed E-state index contributed by atoms with van der Waals surface area (Å²) in [6, 6.07) is 5.78. The minimum absolute atomic E-state index is 0.240. The highest BCUT2D eigenvalue weighted by Crippen LogP contribution is 2.20. The Balaban J connectivity index is 2.95. The molecule has 0 aromatic heterocycles. The van der Waals surface area contributed by atoms with E-state index in [0.717, 1.165) is 5.56 Å². The first-order chi connectivity index (χ1) is 9.45. The van der Waals surface area contributed by atoms with Crippen LogP contribution in [0.3, 0.4) is 0 Å². The van der Waals surface area contributed by atoms with Gasteiger partial charge in [-0.15, -0.1) is 11.6 Å². The van der Waals surface area contributed by atoms with Crippen molar-refractivity contribution in [2.24, 2.45) is 16.0 Å². The third-order valence-corrected chi connectivity index (χ3v) is 2.81. The second-order valence-corrected chi connectivity index (χ2v) is 4.79. The maximum absolute atomic E-state index is 11.9. The Hall–Kier alpha value is -1.95. The number of nitrogens with two attached hydrogens (primary N) is 1. The molecule has 0 aliphatic carbocycles. The summed E-state index contributed by atoms with van der Waals surface area (Å²) in [6.07, 6.45) is 0. The third kappa shape index (κ3) is 4.62. The highest BCUT2D eigenvalue weighted by atomic mass is 35.5. The zero-order valence-electron chi connectivity index (χ0n) is 11.4. The lowest BCUT2D eigenvalue weighted by molar-refractivity contribution is 0.248. The minimum Gasteiger partial charge on any atom is -0.348 e. The van der Waals surface area contributed by atoms with Crippen molar-refractivity contribution in [3.05, 3.63) is 29.8 Å². The number of amides is 4. The van der Waals surface area contributed by atoms with E-state index < -0.39 is 12.1 Å². The fraction of sp³-hybridized carbons (Fsp3) is 0.385. The number of carbonyl (C=O) groups excluding carboxylic acids is 2. The summed E-state index contributed by atoms with van der Waals surface area (Å²) in [5.74, 6) is 0.639. The molecule has 0 aliphatic heterocycles. The van der Waals surface area contributed by atoms with Crippen molar-refractivity contribution in [3.63, 3.8) is 0 Å². The van der Waals surface area contributed by atoms with Crippen LogP contribution in [0, 0.1) is 0 Å². The quantitative estimate of drug-likeness (QED) is 0.680. The van der Waals surface area contributed by atoms with Crippen LogP contribution in [0.2, 0.25) is 0 Å². The number of hydrogen-bond acceptors (Lipinski definition) is 2. The summed E-state index contributed by atoms with van der Waals surface area (Å²) >= 11 is 5.68. The smallest absolute Gasteiger partial charge is 0.348 e. The molecule has 20 heavy (non-hydrogen) atoms. The molecule has 0 aliphatic rings. The molecule has 6 nitrogen and oxygen atoms in total. The number of anilines is 1. The number of halogens is 1. The molecule has 0 heterocycles. The number of alkyl halides is 1. The van der Waals surface area contributed by atoms with E-state index in [4.69, 9.17) is 17.3 Å². The Morgan fingerprint density at radius 1 is 1.25 bits per heavy atom. The van der Waals surface area contributed by atoms with Gasteiger partial charge in [0.25, 0.3) is 0 Å². The summed E-state index contributed by atoms with van der Waals surface area (Å²) in [5.41, 5.74) is 6.61. The number of benzene rings is 1. The monoisotopic (exact) mass is 296 g/mol. The number of nitrogens with zero attached hydrogens (tertiary/aromatic N) is 3. The van der Waals surface area contributed by atoms with Crippen molar-refractivity contribution in [2.75, 3.05) is 17.3 Å².